The zero-order chi connectivity index (χ0) is 25.4. The first-order valence-electron chi connectivity index (χ1n) is 12.2. The maximum atomic E-state index is 13.9. The van der Waals surface area contributed by atoms with Gasteiger partial charge in [0.1, 0.15) is 11.4 Å². The molecule has 0 saturated carbocycles. The number of rotatable bonds is 6. The summed E-state index contributed by atoms with van der Waals surface area (Å²) < 4.78 is 6.65. The maximum Gasteiger partial charge on any atom is 0.356 e. The van der Waals surface area contributed by atoms with Crippen molar-refractivity contribution in [1.82, 2.24) is 9.78 Å². The van der Waals surface area contributed by atoms with Gasteiger partial charge < -0.3 is 19.6 Å². The molecule has 5 rings (SSSR count). The maximum absolute atomic E-state index is 13.9. The fourth-order valence-electron chi connectivity index (χ4n) is 5.06. The minimum Gasteiger partial charge on any atom is -0.497 e. The Morgan fingerprint density at radius 1 is 1.00 bits per heavy atom. The highest BCUT2D eigenvalue weighted by molar-refractivity contribution is 6.09. The third kappa shape index (κ3) is 4.00. The molecular weight excluding hydrogens is 460 g/mol. The predicted molar refractivity (Wildman–Crippen MR) is 134 cm³/mol. The number of carboxylic acids is 1. The molecule has 1 atom stereocenters. The van der Waals surface area contributed by atoms with Gasteiger partial charge in [-0.05, 0) is 67.8 Å². The Bertz CT molecular complexity index is 1310. The monoisotopic (exact) mass is 488 g/mol. The molecule has 36 heavy (non-hydrogen) atoms. The standard InChI is InChI=1S/C27H28N4O5/c1-3-17-16-30(19-9-7-18(8-10-19)29-15-5-4-6-22(29)32)26(33)25-23(17)24(27(34)35)28-31(25)20-11-13-21(36-2)14-12-20/h7-14,17H,3-6,15-16H2,1-2H3,(H,34,35). The van der Waals surface area contributed by atoms with Crippen molar-refractivity contribution in [1.29, 1.82) is 0 Å². The Morgan fingerprint density at radius 2 is 1.64 bits per heavy atom. The van der Waals surface area contributed by atoms with Gasteiger partial charge >= 0.3 is 5.97 Å². The Morgan fingerprint density at radius 3 is 2.22 bits per heavy atom. The summed E-state index contributed by atoms with van der Waals surface area (Å²) in [6, 6.07) is 14.4. The minimum atomic E-state index is -1.16. The number of carboxylic acid groups (broad SMARTS) is 1. The van der Waals surface area contributed by atoms with Crippen LogP contribution in [0.2, 0.25) is 0 Å². The molecule has 1 N–H and O–H groups in total. The Kier molecular flexibility index (Phi) is 6.22. The summed E-state index contributed by atoms with van der Waals surface area (Å²) in [6.45, 7) is 3.02. The summed E-state index contributed by atoms with van der Waals surface area (Å²) in [4.78, 5) is 41.7. The molecule has 0 bridgehead atoms. The van der Waals surface area contributed by atoms with Crippen LogP contribution in [0.5, 0.6) is 5.75 Å². The third-order valence-electron chi connectivity index (χ3n) is 6.99. The molecule has 0 radical (unpaired) electrons. The van der Waals surface area contributed by atoms with E-state index in [0.717, 1.165) is 18.5 Å². The molecule has 9 nitrogen and oxygen atoms in total. The lowest BCUT2D eigenvalue weighted by Crippen LogP contribution is -2.41. The summed E-state index contributed by atoms with van der Waals surface area (Å²) >= 11 is 0. The normalized spacial score (nSPS) is 17.8. The molecule has 2 aliphatic rings. The fraction of sp³-hybridized carbons (Fsp3) is 0.333. The topological polar surface area (TPSA) is 105 Å². The van der Waals surface area contributed by atoms with Crippen LogP contribution < -0.4 is 14.5 Å². The fourth-order valence-corrected chi connectivity index (χ4v) is 5.06. The lowest BCUT2D eigenvalue weighted by Gasteiger charge is -2.33. The number of benzene rings is 2. The number of aromatic carboxylic acids is 1. The van der Waals surface area contributed by atoms with Crippen LogP contribution in [0.3, 0.4) is 0 Å². The van der Waals surface area contributed by atoms with Gasteiger partial charge in [0.2, 0.25) is 5.91 Å². The summed E-state index contributed by atoms with van der Waals surface area (Å²) in [5, 5.41) is 14.3. The van der Waals surface area contributed by atoms with Crippen molar-refractivity contribution in [2.24, 2.45) is 0 Å². The van der Waals surface area contributed by atoms with Crippen molar-refractivity contribution in [3.05, 3.63) is 65.5 Å². The lowest BCUT2D eigenvalue weighted by atomic mass is 9.89. The van der Waals surface area contributed by atoms with E-state index in [-0.39, 0.29) is 29.1 Å². The predicted octanol–water partition coefficient (Wildman–Crippen LogP) is 4.25. The SMILES string of the molecule is CCC1CN(c2ccc(N3CCCCC3=O)cc2)C(=O)c2c1c(C(=O)O)nn2-c1ccc(OC)cc1. The van der Waals surface area contributed by atoms with Crippen molar-refractivity contribution in [3.63, 3.8) is 0 Å². The number of methoxy groups -OCH3 is 1. The van der Waals surface area contributed by atoms with Gasteiger partial charge in [0.05, 0.1) is 12.8 Å². The molecule has 1 aromatic heterocycles. The molecule has 1 saturated heterocycles. The number of aromatic nitrogens is 2. The van der Waals surface area contributed by atoms with Gasteiger partial charge in [0.25, 0.3) is 5.91 Å². The molecule has 2 aromatic carbocycles. The van der Waals surface area contributed by atoms with Gasteiger partial charge in [-0.2, -0.15) is 5.10 Å². The molecule has 1 fully saturated rings. The molecule has 0 spiro atoms. The van der Waals surface area contributed by atoms with E-state index in [0.29, 0.717) is 48.6 Å². The number of hydrogen-bond donors (Lipinski definition) is 1. The van der Waals surface area contributed by atoms with E-state index in [4.69, 9.17) is 4.74 Å². The smallest absolute Gasteiger partial charge is 0.356 e. The van der Waals surface area contributed by atoms with E-state index < -0.39 is 5.97 Å². The Hall–Kier alpha value is -4.14. The number of amides is 2. The quantitative estimate of drug-likeness (QED) is 0.556. The van der Waals surface area contributed by atoms with E-state index in [2.05, 4.69) is 5.10 Å². The summed E-state index contributed by atoms with van der Waals surface area (Å²) in [5.41, 5.74) is 2.71. The van der Waals surface area contributed by atoms with Crippen LogP contribution in [0.15, 0.2) is 48.5 Å². The first-order valence-corrected chi connectivity index (χ1v) is 12.2. The Labute approximate surface area is 208 Å². The van der Waals surface area contributed by atoms with Crippen molar-refractivity contribution in [2.45, 2.75) is 38.5 Å². The van der Waals surface area contributed by atoms with Crippen LogP contribution in [0.1, 0.15) is 65.1 Å². The Balaban J connectivity index is 1.55. The summed E-state index contributed by atoms with van der Waals surface area (Å²) in [5.74, 6) is -0.909. The summed E-state index contributed by atoms with van der Waals surface area (Å²) in [6.07, 6.45) is 3.08. The number of ether oxygens (including phenoxy) is 1. The second-order valence-corrected chi connectivity index (χ2v) is 9.07. The second kappa shape index (κ2) is 9.49. The molecule has 0 aliphatic carbocycles. The van der Waals surface area contributed by atoms with Crippen LogP contribution in [-0.2, 0) is 4.79 Å². The van der Waals surface area contributed by atoms with Crippen LogP contribution in [0.25, 0.3) is 5.69 Å². The number of fused-ring (bicyclic) bond motifs is 1. The molecule has 2 aliphatic heterocycles. The van der Waals surface area contributed by atoms with Crippen LogP contribution in [0.4, 0.5) is 11.4 Å². The van der Waals surface area contributed by atoms with Crippen LogP contribution >= 0.6 is 0 Å². The average molecular weight is 489 g/mol. The first-order chi connectivity index (χ1) is 17.4. The number of anilines is 2. The molecular formula is C27H28N4O5. The van der Waals surface area contributed by atoms with E-state index >= 15 is 0 Å². The van der Waals surface area contributed by atoms with Crippen molar-refractivity contribution in [2.75, 3.05) is 30.0 Å². The third-order valence-corrected chi connectivity index (χ3v) is 6.99. The van der Waals surface area contributed by atoms with Crippen LogP contribution in [-0.4, -0.2) is 52.9 Å². The highest BCUT2D eigenvalue weighted by Gasteiger charge is 2.40. The number of nitrogens with zero attached hydrogens (tertiary/aromatic N) is 4. The molecule has 9 heteroatoms. The average Bonchev–Trinajstić information content (AvgIpc) is 3.31. The first kappa shape index (κ1) is 23.6. The zero-order valence-corrected chi connectivity index (χ0v) is 20.3. The van der Waals surface area contributed by atoms with Crippen molar-refractivity contribution >= 4 is 29.2 Å². The molecule has 1 unspecified atom stereocenters. The van der Waals surface area contributed by atoms with Gasteiger partial charge in [0, 0.05) is 42.4 Å². The molecule has 3 aromatic rings. The van der Waals surface area contributed by atoms with E-state index in [1.807, 2.05) is 31.2 Å². The van der Waals surface area contributed by atoms with Gasteiger partial charge in [0.15, 0.2) is 5.69 Å². The zero-order valence-electron chi connectivity index (χ0n) is 20.3. The van der Waals surface area contributed by atoms with Crippen LogP contribution in [0, 0.1) is 0 Å². The number of piperidine rings is 1. The molecule has 3 heterocycles. The highest BCUT2D eigenvalue weighted by atomic mass is 16.5. The van der Waals surface area contributed by atoms with E-state index in [9.17, 15) is 19.5 Å². The van der Waals surface area contributed by atoms with Crippen molar-refractivity contribution in [3.8, 4) is 11.4 Å². The molecule has 186 valence electrons. The number of hydrogen-bond acceptors (Lipinski definition) is 5. The largest absolute Gasteiger partial charge is 0.497 e. The van der Waals surface area contributed by atoms with E-state index in [1.165, 1.54) is 4.68 Å². The second-order valence-electron chi connectivity index (χ2n) is 9.07. The van der Waals surface area contributed by atoms with Gasteiger partial charge in [-0.25, -0.2) is 9.48 Å². The number of carbonyl (C=O) groups is 3. The van der Waals surface area contributed by atoms with Crippen molar-refractivity contribution < 1.29 is 24.2 Å². The molecule has 2 amide bonds. The van der Waals surface area contributed by atoms with Gasteiger partial charge in [-0.3, -0.25) is 9.59 Å². The number of carbonyl (C=O) groups excluding carboxylic acids is 2. The van der Waals surface area contributed by atoms with E-state index in [1.54, 1.807) is 41.2 Å². The highest BCUT2D eigenvalue weighted by Crippen LogP contribution is 2.37. The minimum absolute atomic E-state index is 0.0976. The van der Waals surface area contributed by atoms with Gasteiger partial charge in [-0.1, -0.05) is 6.92 Å². The van der Waals surface area contributed by atoms with Gasteiger partial charge in [-0.15, -0.1) is 0 Å². The lowest BCUT2D eigenvalue weighted by molar-refractivity contribution is -0.119. The summed E-state index contributed by atoms with van der Waals surface area (Å²) in [7, 11) is 1.56.